The lowest BCUT2D eigenvalue weighted by Gasteiger charge is -2.09. The van der Waals surface area contributed by atoms with Crippen molar-refractivity contribution in [3.05, 3.63) is 64.1 Å². The number of aromatic nitrogens is 1. The predicted octanol–water partition coefficient (Wildman–Crippen LogP) is 5.93. The van der Waals surface area contributed by atoms with Gasteiger partial charge in [-0.15, -0.1) is 24.5 Å². The largest absolute Gasteiger partial charge is 0.573 e. The van der Waals surface area contributed by atoms with Gasteiger partial charge in [-0.05, 0) is 48.9 Å². The van der Waals surface area contributed by atoms with E-state index < -0.39 is 6.36 Å². The van der Waals surface area contributed by atoms with Crippen molar-refractivity contribution < 1.29 is 22.7 Å². The van der Waals surface area contributed by atoms with E-state index in [9.17, 15) is 18.0 Å². The summed E-state index contributed by atoms with van der Waals surface area (Å²) in [6.07, 6.45) is -4.66. The zero-order valence-corrected chi connectivity index (χ0v) is 16.6. The second-order valence-electron chi connectivity index (χ2n) is 6.03. The van der Waals surface area contributed by atoms with Crippen LogP contribution in [-0.4, -0.2) is 17.3 Å². The number of nitrogens with zero attached hydrogens (tertiary/aromatic N) is 1. The second kappa shape index (κ2) is 8.71. The van der Waals surface area contributed by atoms with E-state index in [4.69, 9.17) is 11.6 Å². The van der Waals surface area contributed by atoms with Crippen LogP contribution in [0.2, 0.25) is 5.02 Å². The average molecular weight is 442 g/mol. The summed E-state index contributed by atoms with van der Waals surface area (Å²) >= 11 is 7.23. The fourth-order valence-corrected chi connectivity index (χ4v) is 3.30. The molecule has 0 aliphatic rings. The number of hydrogen-bond donors (Lipinski definition) is 2. The molecule has 1 heterocycles. The molecule has 0 spiro atoms. The van der Waals surface area contributed by atoms with Gasteiger partial charge in [0, 0.05) is 21.8 Å². The van der Waals surface area contributed by atoms with E-state index in [-0.39, 0.29) is 18.1 Å². The predicted molar refractivity (Wildman–Crippen MR) is 107 cm³/mol. The second-order valence-corrected chi connectivity index (χ2v) is 7.32. The highest BCUT2D eigenvalue weighted by atomic mass is 35.5. The summed E-state index contributed by atoms with van der Waals surface area (Å²) in [4.78, 5) is 16.6. The smallest absolute Gasteiger partial charge is 0.406 e. The third-order valence-corrected chi connectivity index (χ3v) is 4.75. The fraction of sp³-hybridized carbons (Fsp3) is 0.158. The van der Waals surface area contributed by atoms with Crippen molar-refractivity contribution >= 4 is 45.4 Å². The standard InChI is InChI=1S/C19H15ClF3N3O2S/c1-11-2-3-12(20)8-16(11)26-17(27)9-14-10-29-18(25-14)24-13-4-6-15(7-5-13)28-19(21,22)23/h2-8,10H,9H2,1H3,(H,24,25)(H,26,27). The Hall–Kier alpha value is -2.78. The maximum absolute atomic E-state index is 12.2. The summed E-state index contributed by atoms with van der Waals surface area (Å²) in [5.41, 5.74) is 2.63. The quantitative estimate of drug-likeness (QED) is 0.497. The van der Waals surface area contributed by atoms with Crippen LogP contribution in [0.3, 0.4) is 0 Å². The number of nitrogens with one attached hydrogen (secondary N) is 2. The molecule has 5 nitrogen and oxygen atoms in total. The fourth-order valence-electron chi connectivity index (χ4n) is 2.40. The first-order valence-electron chi connectivity index (χ1n) is 8.31. The lowest BCUT2D eigenvalue weighted by atomic mass is 10.2. The molecule has 0 atom stereocenters. The highest BCUT2D eigenvalue weighted by Crippen LogP contribution is 2.27. The summed E-state index contributed by atoms with van der Waals surface area (Å²) in [6.45, 7) is 1.86. The van der Waals surface area contributed by atoms with Gasteiger partial charge < -0.3 is 15.4 Å². The van der Waals surface area contributed by atoms with E-state index in [1.54, 1.807) is 17.5 Å². The molecule has 152 valence electrons. The van der Waals surface area contributed by atoms with Crippen molar-refractivity contribution in [1.29, 1.82) is 0 Å². The third kappa shape index (κ3) is 6.37. The van der Waals surface area contributed by atoms with Crippen molar-refractivity contribution in [1.82, 2.24) is 4.98 Å². The monoisotopic (exact) mass is 441 g/mol. The molecule has 1 amide bonds. The molecule has 0 saturated heterocycles. The Morgan fingerprint density at radius 3 is 2.62 bits per heavy atom. The number of hydrogen-bond acceptors (Lipinski definition) is 5. The zero-order valence-electron chi connectivity index (χ0n) is 15.0. The number of carbonyl (C=O) groups is 1. The SMILES string of the molecule is Cc1ccc(Cl)cc1NC(=O)Cc1csc(Nc2ccc(OC(F)(F)F)cc2)n1. The number of anilines is 3. The molecule has 29 heavy (non-hydrogen) atoms. The molecule has 0 bridgehead atoms. The Bertz CT molecular complexity index is 1010. The van der Waals surface area contributed by atoms with Gasteiger partial charge in [-0.25, -0.2) is 4.98 Å². The molecule has 0 aliphatic carbocycles. The first kappa shape index (κ1) is 20.9. The van der Waals surface area contributed by atoms with Gasteiger partial charge in [-0.2, -0.15) is 0 Å². The molecule has 2 N–H and O–H groups in total. The van der Waals surface area contributed by atoms with Crippen molar-refractivity contribution in [2.45, 2.75) is 19.7 Å². The van der Waals surface area contributed by atoms with Crippen LogP contribution in [0.15, 0.2) is 47.8 Å². The summed E-state index contributed by atoms with van der Waals surface area (Å²) in [5.74, 6) is -0.545. The van der Waals surface area contributed by atoms with Crippen LogP contribution in [0.1, 0.15) is 11.3 Å². The van der Waals surface area contributed by atoms with Crippen LogP contribution in [-0.2, 0) is 11.2 Å². The van der Waals surface area contributed by atoms with Gasteiger partial charge in [-0.3, -0.25) is 4.79 Å². The van der Waals surface area contributed by atoms with Gasteiger partial charge in [0.05, 0.1) is 12.1 Å². The number of ether oxygens (including phenoxy) is 1. The van der Waals surface area contributed by atoms with Crippen molar-refractivity contribution in [3.63, 3.8) is 0 Å². The number of carbonyl (C=O) groups excluding carboxylic acids is 1. The molecule has 0 fully saturated rings. The van der Waals surface area contributed by atoms with Crippen molar-refractivity contribution in [2.75, 3.05) is 10.6 Å². The molecular formula is C19H15ClF3N3O2S. The molecule has 0 unspecified atom stereocenters. The Labute approximate surface area is 173 Å². The number of rotatable bonds is 6. The molecule has 2 aromatic carbocycles. The highest BCUT2D eigenvalue weighted by Gasteiger charge is 2.30. The average Bonchev–Trinajstić information content (AvgIpc) is 3.05. The molecule has 0 radical (unpaired) electrons. The van der Waals surface area contributed by atoms with Gasteiger partial charge in [-0.1, -0.05) is 17.7 Å². The lowest BCUT2D eigenvalue weighted by molar-refractivity contribution is -0.274. The molecule has 0 saturated carbocycles. The lowest BCUT2D eigenvalue weighted by Crippen LogP contribution is -2.16. The topological polar surface area (TPSA) is 63.2 Å². The van der Waals surface area contributed by atoms with Crippen molar-refractivity contribution in [3.8, 4) is 5.75 Å². The summed E-state index contributed by atoms with van der Waals surface area (Å²) < 4.78 is 40.4. The van der Waals surface area contributed by atoms with Gasteiger partial charge in [0.25, 0.3) is 0 Å². The van der Waals surface area contributed by atoms with Gasteiger partial charge >= 0.3 is 6.36 Å². The van der Waals surface area contributed by atoms with E-state index in [1.807, 2.05) is 13.0 Å². The minimum absolute atomic E-state index is 0.0719. The van der Waals surface area contributed by atoms with Crippen LogP contribution in [0, 0.1) is 6.92 Å². The molecule has 3 aromatic rings. The Balaban J connectivity index is 1.58. The number of aryl methyl sites for hydroxylation is 1. The maximum Gasteiger partial charge on any atom is 0.573 e. The molecular weight excluding hydrogens is 427 g/mol. The van der Waals surface area contributed by atoms with Crippen LogP contribution in [0.5, 0.6) is 5.75 Å². The number of alkyl halides is 3. The number of amides is 1. The Morgan fingerprint density at radius 1 is 1.21 bits per heavy atom. The first-order chi connectivity index (χ1) is 13.7. The number of thiazole rings is 1. The minimum Gasteiger partial charge on any atom is -0.406 e. The van der Waals surface area contributed by atoms with E-state index in [0.717, 1.165) is 5.56 Å². The van der Waals surface area contributed by atoms with Gasteiger partial charge in [0.1, 0.15) is 5.75 Å². The van der Waals surface area contributed by atoms with E-state index in [2.05, 4.69) is 20.4 Å². The molecule has 3 rings (SSSR count). The normalized spacial score (nSPS) is 11.2. The van der Waals surface area contributed by atoms with E-state index in [1.165, 1.54) is 35.6 Å². The summed E-state index contributed by atoms with van der Waals surface area (Å²) in [7, 11) is 0. The van der Waals surface area contributed by atoms with E-state index in [0.29, 0.717) is 27.2 Å². The van der Waals surface area contributed by atoms with Gasteiger partial charge in [0.15, 0.2) is 5.13 Å². The number of benzene rings is 2. The Kier molecular flexibility index (Phi) is 6.29. The van der Waals surface area contributed by atoms with Crippen LogP contribution in [0.4, 0.5) is 29.7 Å². The Morgan fingerprint density at radius 2 is 1.93 bits per heavy atom. The third-order valence-electron chi connectivity index (χ3n) is 3.71. The highest BCUT2D eigenvalue weighted by molar-refractivity contribution is 7.13. The van der Waals surface area contributed by atoms with E-state index >= 15 is 0 Å². The van der Waals surface area contributed by atoms with Crippen molar-refractivity contribution in [2.24, 2.45) is 0 Å². The summed E-state index contributed by atoms with van der Waals surface area (Å²) in [5, 5.41) is 8.54. The molecule has 1 aromatic heterocycles. The zero-order chi connectivity index (χ0) is 21.0. The maximum atomic E-state index is 12.2. The van der Waals surface area contributed by atoms with Gasteiger partial charge in [0.2, 0.25) is 5.91 Å². The van der Waals surface area contributed by atoms with Crippen LogP contribution in [0.25, 0.3) is 0 Å². The number of halogens is 4. The molecule has 10 heteroatoms. The first-order valence-corrected chi connectivity index (χ1v) is 9.57. The van der Waals surface area contributed by atoms with Crippen LogP contribution >= 0.6 is 22.9 Å². The summed E-state index contributed by atoms with van der Waals surface area (Å²) in [6, 6.07) is 10.5. The van der Waals surface area contributed by atoms with Crippen LogP contribution < -0.4 is 15.4 Å². The minimum atomic E-state index is -4.73. The molecule has 0 aliphatic heterocycles.